The average Bonchev–Trinajstić information content (AvgIpc) is 2.47. The van der Waals surface area contributed by atoms with Gasteiger partial charge in [0.15, 0.2) is 5.82 Å². The van der Waals surface area contributed by atoms with Crippen LogP contribution in [0.5, 0.6) is 0 Å². The molecule has 21 heavy (non-hydrogen) atoms. The topological polar surface area (TPSA) is 50.3 Å². The van der Waals surface area contributed by atoms with E-state index >= 15 is 0 Å². The second-order valence-corrected chi connectivity index (χ2v) is 6.00. The lowest BCUT2D eigenvalue weighted by molar-refractivity contribution is -0.0443. The molecule has 0 spiro atoms. The molecule has 2 heterocycles. The van der Waals surface area contributed by atoms with Crippen molar-refractivity contribution in [3.8, 4) is 0 Å². The van der Waals surface area contributed by atoms with E-state index in [-0.39, 0.29) is 12.1 Å². The van der Waals surface area contributed by atoms with Crippen LogP contribution in [0.25, 0.3) is 0 Å². The fourth-order valence-electron chi connectivity index (χ4n) is 2.79. The number of nitrogens with zero attached hydrogens (tertiary/aromatic N) is 3. The molecule has 0 aliphatic carbocycles. The number of aromatic nitrogens is 2. The van der Waals surface area contributed by atoms with E-state index in [1.54, 1.807) is 0 Å². The van der Waals surface area contributed by atoms with Gasteiger partial charge < -0.3 is 10.1 Å². The van der Waals surface area contributed by atoms with Gasteiger partial charge in [-0.05, 0) is 34.2 Å². The van der Waals surface area contributed by atoms with Crippen molar-refractivity contribution in [1.82, 2.24) is 20.2 Å². The van der Waals surface area contributed by atoms with E-state index in [2.05, 4.69) is 49.8 Å². The van der Waals surface area contributed by atoms with Crippen LogP contribution in [0.1, 0.15) is 56.9 Å². The molecule has 0 amide bonds. The van der Waals surface area contributed by atoms with Gasteiger partial charge in [-0.3, -0.25) is 4.90 Å². The number of morpholine rings is 1. The van der Waals surface area contributed by atoms with Crippen LogP contribution < -0.4 is 5.32 Å². The Morgan fingerprint density at radius 2 is 2.19 bits per heavy atom. The van der Waals surface area contributed by atoms with Crippen LogP contribution in [-0.2, 0) is 4.74 Å². The molecule has 5 nitrogen and oxygen atoms in total. The van der Waals surface area contributed by atoms with E-state index in [0.717, 1.165) is 43.3 Å². The maximum atomic E-state index is 5.86. The van der Waals surface area contributed by atoms with Crippen LogP contribution in [0, 0.1) is 6.92 Å². The van der Waals surface area contributed by atoms with Crippen molar-refractivity contribution in [1.29, 1.82) is 0 Å². The SMILES string of the molecule is CCNC(C)c1cnc(C2CN(C(C)C)CCO2)nc1C. The standard InChI is InChI=1S/C16H28N4O/c1-6-17-12(4)14-9-18-16(19-13(14)5)15-10-20(11(2)3)7-8-21-15/h9,11-12,15,17H,6-8,10H2,1-5H3. The first-order valence-electron chi connectivity index (χ1n) is 7.95. The fraction of sp³-hybridized carbons (Fsp3) is 0.750. The first-order valence-corrected chi connectivity index (χ1v) is 7.95. The molecular weight excluding hydrogens is 264 g/mol. The van der Waals surface area contributed by atoms with Crippen LogP contribution in [0.15, 0.2) is 6.20 Å². The van der Waals surface area contributed by atoms with Gasteiger partial charge in [-0.25, -0.2) is 9.97 Å². The largest absolute Gasteiger partial charge is 0.368 e. The van der Waals surface area contributed by atoms with Crippen LogP contribution in [0.2, 0.25) is 0 Å². The summed E-state index contributed by atoms with van der Waals surface area (Å²) >= 11 is 0. The smallest absolute Gasteiger partial charge is 0.158 e. The predicted octanol–water partition coefficient (Wildman–Crippen LogP) is 2.24. The zero-order chi connectivity index (χ0) is 15.4. The van der Waals surface area contributed by atoms with Gasteiger partial charge in [0.1, 0.15) is 6.10 Å². The Hall–Kier alpha value is -1.04. The molecule has 2 atom stereocenters. The van der Waals surface area contributed by atoms with Crippen molar-refractivity contribution in [3.63, 3.8) is 0 Å². The molecule has 118 valence electrons. The highest BCUT2D eigenvalue weighted by Gasteiger charge is 2.26. The number of rotatable bonds is 5. The summed E-state index contributed by atoms with van der Waals surface area (Å²) in [5.41, 5.74) is 2.20. The van der Waals surface area contributed by atoms with Gasteiger partial charge in [-0.15, -0.1) is 0 Å². The Morgan fingerprint density at radius 3 is 2.81 bits per heavy atom. The summed E-state index contributed by atoms with van der Waals surface area (Å²) in [5.74, 6) is 0.810. The van der Waals surface area contributed by atoms with Crippen molar-refractivity contribution >= 4 is 0 Å². The molecule has 1 saturated heterocycles. The molecule has 2 unspecified atom stereocenters. The van der Waals surface area contributed by atoms with Crippen LogP contribution in [-0.4, -0.2) is 47.2 Å². The molecule has 1 aromatic rings. The summed E-state index contributed by atoms with van der Waals surface area (Å²) in [5, 5.41) is 3.40. The molecule has 0 saturated carbocycles. The third-order valence-electron chi connectivity index (χ3n) is 4.13. The molecule has 0 bridgehead atoms. The molecule has 0 radical (unpaired) electrons. The second kappa shape index (κ2) is 7.29. The van der Waals surface area contributed by atoms with Crippen LogP contribution in [0.3, 0.4) is 0 Å². The zero-order valence-electron chi connectivity index (χ0n) is 13.9. The summed E-state index contributed by atoms with van der Waals surface area (Å²) in [6.45, 7) is 14.3. The van der Waals surface area contributed by atoms with E-state index in [9.17, 15) is 0 Å². The van der Waals surface area contributed by atoms with Gasteiger partial charge in [-0.2, -0.15) is 0 Å². The zero-order valence-corrected chi connectivity index (χ0v) is 13.9. The van der Waals surface area contributed by atoms with Crippen molar-refractivity contribution in [3.05, 3.63) is 23.3 Å². The Morgan fingerprint density at radius 1 is 1.43 bits per heavy atom. The van der Waals surface area contributed by atoms with E-state index in [4.69, 9.17) is 9.72 Å². The molecular formula is C16H28N4O. The normalized spacial score (nSPS) is 21.7. The van der Waals surface area contributed by atoms with Gasteiger partial charge in [-0.1, -0.05) is 6.92 Å². The fourth-order valence-corrected chi connectivity index (χ4v) is 2.79. The minimum absolute atomic E-state index is 0.0108. The van der Waals surface area contributed by atoms with Crippen molar-refractivity contribution in [2.45, 2.75) is 52.8 Å². The van der Waals surface area contributed by atoms with E-state index in [1.807, 2.05) is 6.20 Å². The van der Waals surface area contributed by atoms with E-state index in [0.29, 0.717) is 6.04 Å². The van der Waals surface area contributed by atoms with Crippen molar-refractivity contribution < 1.29 is 4.74 Å². The van der Waals surface area contributed by atoms with E-state index < -0.39 is 0 Å². The van der Waals surface area contributed by atoms with Crippen molar-refractivity contribution in [2.75, 3.05) is 26.2 Å². The summed E-state index contributed by atoms with van der Waals surface area (Å²) in [6.07, 6.45) is 1.94. The van der Waals surface area contributed by atoms with Crippen LogP contribution in [0.4, 0.5) is 0 Å². The Kier molecular flexibility index (Phi) is 5.67. The maximum Gasteiger partial charge on any atom is 0.158 e. The molecule has 1 N–H and O–H groups in total. The van der Waals surface area contributed by atoms with E-state index in [1.165, 1.54) is 0 Å². The Labute approximate surface area is 128 Å². The highest BCUT2D eigenvalue weighted by atomic mass is 16.5. The van der Waals surface area contributed by atoms with Gasteiger partial charge in [0.25, 0.3) is 0 Å². The van der Waals surface area contributed by atoms with Gasteiger partial charge >= 0.3 is 0 Å². The lowest BCUT2D eigenvalue weighted by Gasteiger charge is -2.34. The lowest BCUT2D eigenvalue weighted by Crippen LogP contribution is -2.42. The first-order chi connectivity index (χ1) is 10.0. The summed E-state index contributed by atoms with van der Waals surface area (Å²) in [6, 6.07) is 0.814. The highest BCUT2D eigenvalue weighted by molar-refractivity contribution is 5.20. The number of nitrogens with one attached hydrogen (secondary N) is 1. The molecule has 0 aromatic carbocycles. The molecule has 1 fully saturated rings. The van der Waals surface area contributed by atoms with Gasteiger partial charge in [0, 0.05) is 42.6 Å². The number of ether oxygens (including phenoxy) is 1. The minimum atomic E-state index is -0.0108. The lowest BCUT2D eigenvalue weighted by atomic mass is 10.1. The maximum absolute atomic E-state index is 5.86. The first kappa shape index (κ1) is 16.3. The highest BCUT2D eigenvalue weighted by Crippen LogP contribution is 2.22. The quantitative estimate of drug-likeness (QED) is 0.902. The third kappa shape index (κ3) is 3.99. The molecule has 1 aromatic heterocycles. The van der Waals surface area contributed by atoms with Crippen molar-refractivity contribution in [2.24, 2.45) is 0 Å². The number of aryl methyl sites for hydroxylation is 1. The number of hydrogen-bond donors (Lipinski definition) is 1. The summed E-state index contributed by atoms with van der Waals surface area (Å²) in [4.78, 5) is 11.7. The Balaban J connectivity index is 2.12. The minimum Gasteiger partial charge on any atom is -0.368 e. The van der Waals surface area contributed by atoms with Gasteiger partial charge in [0.05, 0.1) is 6.61 Å². The summed E-state index contributed by atoms with van der Waals surface area (Å²) < 4.78 is 5.86. The predicted molar refractivity (Wildman–Crippen MR) is 84.3 cm³/mol. The summed E-state index contributed by atoms with van der Waals surface area (Å²) in [7, 11) is 0. The molecule has 1 aliphatic heterocycles. The van der Waals surface area contributed by atoms with Gasteiger partial charge in [0.2, 0.25) is 0 Å². The average molecular weight is 292 g/mol. The molecule has 2 rings (SSSR count). The molecule has 5 heteroatoms. The third-order valence-corrected chi connectivity index (χ3v) is 4.13. The number of hydrogen-bond acceptors (Lipinski definition) is 5. The van der Waals surface area contributed by atoms with Crippen LogP contribution >= 0.6 is 0 Å². The monoisotopic (exact) mass is 292 g/mol. The molecule has 1 aliphatic rings. The Bertz CT molecular complexity index is 464. The second-order valence-electron chi connectivity index (χ2n) is 6.00.